The van der Waals surface area contributed by atoms with Gasteiger partial charge in [-0.3, -0.25) is 4.98 Å². The first-order chi connectivity index (χ1) is 9.56. The van der Waals surface area contributed by atoms with Gasteiger partial charge in [0, 0.05) is 55.4 Å². The van der Waals surface area contributed by atoms with Crippen molar-refractivity contribution in [1.29, 1.82) is 0 Å². The Labute approximate surface area is 123 Å². The molecule has 2 N–H and O–H groups in total. The van der Waals surface area contributed by atoms with E-state index in [9.17, 15) is 0 Å². The van der Waals surface area contributed by atoms with Gasteiger partial charge in [-0.1, -0.05) is 6.92 Å². The lowest BCUT2D eigenvalue weighted by molar-refractivity contribution is 0.221. The predicted octanol–water partition coefficient (Wildman–Crippen LogP) is 2.08. The molecule has 112 valence electrons. The Morgan fingerprint density at radius 3 is 2.55 bits per heavy atom. The Bertz CT molecular complexity index is 450. The molecule has 0 aliphatic carbocycles. The number of aryl methyl sites for hydroxylation is 2. The lowest BCUT2D eigenvalue weighted by Crippen LogP contribution is -2.43. The van der Waals surface area contributed by atoms with Crippen LogP contribution in [0, 0.1) is 13.8 Å². The van der Waals surface area contributed by atoms with Gasteiger partial charge >= 0.3 is 0 Å². The van der Waals surface area contributed by atoms with E-state index < -0.39 is 0 Å². The summed E-state index contributed by atoms with van der Waals surface area (Å²) >= 11 is 0. The maximum absolute atomic E-state index is 5.94. The van der Waals surface area contributed by atoms with Gasteiger partial charge in [0.2, 0.25) is 0 Å². The van der Waals surface area contributed by atoms with Crippen molar-refractivity contribution in [2.24, 2.45) is 5.73 Å². The molecule has 1 fully saturated rings. The fourth-order valence-electron chi connectivity index (χ4n) is 3.22. The first-order valence-corrected chi connectivity index (χ1v) is 7.69. The van der Waals surface area contributed by atoms with Crippen LogP contribution in [0.2, 0.25) is 0 Å². The van der Waals surface area contributed by atoms with Crippen LogP contribution in [0.3, 0.4) is 0 Å². The molecule has 1 saturated heterocycles. The third-order valence-electron chi connectivity index (χ3n) is 4.57. The summed E-state index contributed by atoms with van der Waals surface area (Å²) < 4.78 is 0. The van der Waals surface area contributed by atoms with Crippen LogP contribution < -0.4 is 10.6 Å². The van der Waals surface area contributed by atoms with Crippen LogP contribution in [0.15, 0.2) is 6.07 Å². The molecule has 20 heavy (non-hydrogen) atoms. The number of pyridine rings is 1. The average Bonchev–Trinajstić information content (AvgIpc) is 2.46. The topological polar surface area (TPSA) is 45.4 Å². The zero-order chi connectivity index (χ0) is 14.7. The molecule has 1 aliphatic heterocycles. The molecule has 4 nitrogen and oxygen atoms in total. The van der Waals surface area contributed by atoms with E-state index >= 15 is 0 Å². The average molecular weight is 276 g/mol. The number of rotatable bonds is 4. The number of hydrogen-bond acceptors (Lipinski definition) is 4. The summed E-state index contributed by atoms with van der Waals surface area (Å²) in [7, 11) is 2.21. The summed E-state index contributed by atoms with van der Waals surface area (Å²) in [5.41, 5.74) is 10.5. The molecule has 0 saturated carbocycles. The third-order valence-corrected chi connectivity index (χ3v) is 4.57. The number of piperidine rings is 1. The quantitative estimate of drug-likeness (QED) is 0.914. The molecule has 0 amide bonds. The number of nitrogens with two attached hydrogens (primary N) is 1. The highest BCUT2D eigenvalue weighted by Gasteiger charge is 2.23. The van der Waals surface area contributed by atoms with Crippen LogP contribution >= 0.6 is 0 Å². The molecule has 1 aromatic heterocycles. The third kappa shape index (κ3) is 3.13. The summed E-state index contributed by atoms with van der Waals surface area (Å²) in [6, 6.07) is 2.80. The Kier molecular flexibility index (Phi) is 5.00. The van der Waals surface area contributed by atoms with Crippen LogP contribution in [0.25, 0.3) is 0 Å². The summed E-state index contributed by atoms with van der Waals surface area (Å²) in [6.07, 6.45) is 2.46. The summed E-state index contributed by atoms with van der Waals surface area (Å²) in [5, 5.41) is 0. The minimum atomic E-state index is 0.562. The van der Waals surface area contributed by atoms with Crippen molar-refractivity contribution < 1.29 is 0 Å². The number of nitrogens with zero attached hydrogens (tertiary/aromatic N) is 3. The maximum Gasteiger partial charge on any atom is 0.0448 e. The smallest absolute Gasteiger partial charge is 0.0448 e. The van der Waals surface area contributed by atoms with Gasteiger partial charge in [0.15, 0.2) is 0 Å². The van der Waals surface area contributed by atoms with E-state index in [4.69, 9.17) is 5.73 Å². The van der Waals surface area contributed by atoms with Crippen LogP contribution in [0.4, 0.5) is 5.69 Å². The van der Waals surface area contributed by atoms with Crippen LogP contribution in [0.1, 0.15) is 36.7 Å². The van der Waals surface area contributed by atoms with Gasteiger partial charge < -0.3 is 15.5 Å². The summed E-state index contributed by atoms with van der Waals surface area (Å²) in [5.74, 6) is 0. The van der Waals surface area contributed by atoms with E-state index in [2.05, 4.69) is 48.7 Å². The zero-order valence-corrected chi connectivity index (χ0v) is 13.3. The van der Waals surface area contributed by atoms with Gasteiger partial charge in [-0.05, 0) is 39.3 Å². The van der Waals surface area contributed by atoms with Crippen molar-refractivity contribution in [1.82, 2.24) is 9.88 Å². The minimum Gasteiger partial charge on any atom is -0.371 e. The molecule has 0 bridgehead atoms. The fourth-order valence-corrected chi connectivity index (χ4v) is 3.22. The zero-order valence-electron chi connectivity index (χ0n) is 13.3. The number of anilines is 1. The van der Waals surface area contributed by atoms with E-state index in [1.165, 1.54) is 37.2 Å². The van der Waals surface area contributed by atoms with E-state index in [0.29, 0.717) is 12.6 Å². The number of hydrogen-bond donors (Lipinski definition) is 1. The Balaban J connectivity index is 2.19. The highest BCUT2D eigenvalue weighted by Crippen LogP contribution is 2.27. The fraction of sp³-hybridized carbons (Fsp3) is 0.688. The highest BCUT2D eigenvalue weighted by molar-refractivity contribution is 5.56. The molecule has 0 radical (unpaired) electrons. The predicted molar refractivity (Wildman–Crippen MR) is 85.1 cm³/mol. The van der Waals surface area contributed by atoms with Gasteiger partial charge in [-0.15, -0.1) is 0 Å². The van der Waals surface area contributed by atoms with Crippen LogP contribution in [-0.2, 0) is 6.54 Å². The minimum absolute atomic E-state index is 0.562. The Hall–Kier alpha value is -1.13. The van der Waals surface area contributed by atoms with E-state index in [1.807, 2.05) is 0 Å². The molecular formula is C16H28N4. The molecule has 0 spiro atoms. The Morgan fingerprint density at radius 2 is 2.00 bits per heavy atom. The highest BCUT2D eigenvalue weighted by atomic mass is 15.2. The Morgan fingerprint density at radius 1 is 1.35 bits per heavy atom. The van der Waals surface area contributed by atoms with Crippen molar-refractivity contribution >= 4 is 5.69 Å². The van der Waals surface area contributed by atoms with Crippen molar-refractivity contribution in [2.45, 2.75) is 46.2 Å². The number of likely N-dealkylation sites (tertiary alicyclic amines) is 1. The second kappa shape index (κ2) is 6.55. The second-order valence-corrected chi connectivity index (χ2v) is 5.83. The lowest BCUT2D eigenvalue weighted by atomic mass is 10.0. The molecule has 0 aromatic carbocycles. The van der Waals surface area contributed by atoms with Crippen molar-refractivity contribution in [3.05, 3.63) is 23.0 Å². The van der Waals surface area contributed by atoms with Gasteiger partial charge in [-0.2, -0.15) is 0 Å². The molecule has 2 heterocycles. The van der Waals surface area contributed by atoms with Crippen LogP contribution in [0.5, 0.6) is 0 Å². The lowest BCUT2D eigenvalue weighted by Gasteiger charge is -2.38. The normalized spacial score (nSPS) is 17.4. The summed E-state index contributed by atoms with van der Waals surface area (Å²) in [4.78, 5) is 9.50. The second-order valence-electron chi connectivity index (χ2n) is 5.83. The van der Waals surface area contributed by atoms with Gasteiger partial charge in [-0.25, -0.2) is 0 Å². The van der Waals surface area contributed by atoms with E-state index in [-0.39, 0.29) is 0 Å². The molecule has 0 atom stereocenters. The standard InChI is InChI=1S/C16H28N4/c1-5-20-8-6-14(7-9-20)19(4)16-10-12(2)18-13(3)15(16)11-17/h10,14H,5-9,11,17H2,1-4H3. The maximum atomic E-state index is 5.94. The summed E-state index contributed by atoms with van der Waals surface area (Å²) in [6.45, 7) is 10.5. The monoisotopic (exact) mass is 276 g/mol. The van der Waals surface area contributed by atoms with E-state index in [1.54, 1.807) is 0 Å². The molecule has 4 heteroatoms. The SMILES string of the molecule is CCN1CCC(N(C)c2cc(C)nc(C)c2CN)CC1. The van der Waals surface area contributed by atoms with E-state index in [0.717, 1.165) is 17.9 Å². The van der Waals surface area contributed by atoms with Crippen molar-refractivity contribution in [3.63, 3.8) is 0 Å². The molecule has 2 rings (SSSR count). The van der Waals surface area contributed by atoms with Gasteiger partial charge in [0.05, 0.1) is 0 Å². The molecule has 1 aliphatic rings. The molecule has 0 unspecified atom stereocenters. The van der Waals surface area contributed by atoms with Gasteiger partial charge in [0.25, 0.3) is 0 Å². The van der Waals surface area contributed by atoms with Gasteiger partial charge in [0.1, 0.15) is 0 Å². The molecule has 1 aromatic rings. The van der Waals surface area contributed by atoms with Crippen LogP contribution in [-0.4, -0.2) is 42.6 Å². The van der Waals surface area contributed by atoms with Crippen molar-refractivity contribution in [2.75, 3.05) is 31.6 Å². The first-order valence-electron chi connectivity index (χ1n) is 7.69. The largest absolute Gasteiger partial charge is 0.371 e. The number of aromatic nitrogens is 1. The molecular weight excluding hydrogens is 248 g/mol. The van der Waals surface area contributed by atoms with Crippen molar-refractivity contribution in [3.8, 4) is 0 Å². The first kappa shape index (κ1) is 15.3.